The van der Waals surface area contributed by atoms with Gasteiger partial charge in [0.25, 0.3) is 0 Å². The molecule has 0 bridgehead atoms. The molecule has 1 rings (SSSR count). The molecular formula is C7H15NO. The summed E-state index contributed by atoms with van der Waals surface area (Å²) in [6.07, 6.45) is 4.36. The third-order valence-electron chi connectivity index (χ3n) is 1.91. The number of ether oxygens (including phenoxy) is 1. The Morgan fingerprint density at radius 3 is 2.44 bits per heavy atom. The molecule has 1 saturated heterocycles. The van der Waals surface area contributed by atoms with Crippen molar-refractivity contribution in [2.75, 3.05) is 6.54 Å². The van der Waals surface area contributed by atoms with Crippen molar-refractivity contribution in [1.29, 1.82) is 0 Å². The van der Waals surface area contributed by atoms with Gasteiger partial charge in [-0.15, -0.1) is 0 Å². The smallest absolute Gasteiger partial charge is 0.0702 e. The van der Waals surface area contributed by atoms with E-state index in [1.807, 2.05) is 0 Å². The quantitative estimate of drug-likeness (QED) is 0.601. The predicted octanol–water partition coefficient (Wildman–Crippen LogP) is 0.903. The van der Waals surface area contributed by atoms with E-state index in [1.165, 1.54) is 6.42 Å². The molecule has 0 aromatic heterocycles. The Hall–Kier alpha value is -0.0800. The van der Waals surface area contributed by atoms with Crippen molar-refractivity contribution in [3.8, 4) is 0 Å². The summed E-state index contributed by atoms with van der Waals surface area (Å²) in [4.78, 5) is 0. The minimum Gasteiger partial charge on any atom is -0.374 e. The first kappa shape index (κ1) is 7.03. The average molecular weight is 129 g/mol. The van der Waals surface area contributed by atoms with Crippen molar-refractivity contribution in [2.24, 2.45) is 5.73 Å². The molecule has 1 aliphatic heterocycles. The first-order chi connectivity index (χ1) is 4.36. The number of hydrogen-bond donors (Lipinski definition) is 1. The number of nitrogens with two attached hydrogens (primary N) is 1. The van der Waals surface area contributed by atoms with E-state index in [0.717, 1.165) is 12.8 Å². The zero-order valence-corrected chi connectivity index (χ0v) is 5.97. The molecule has 2 N–H and O–H groups in total. The number of rotatable bonds is 2. The van der Waals surface area contributed by atoms with E-state index in [1.54, 1.807) is 0 Å². The molecule has 0 aromatic carbocycles. The normalized spacial score (nSPS) is 35.3. The molecule has 0 spiro atoms. The SMILES string of the molecule is CCC1CCC(CN)O1. The van der Waals surface area contributed by atoms with Crippen LogP contribution in [0.3, 0.4) is 0 Å². The van der Waals surface area contributed by atoms with Gasteiger partial charge < -0.3 is 10.5 Å². The van der Waals surface area contributed by atoms with Crippen LogP contribution in [0.4, 0.5) is 0 Å². The molecule has 1 aliphatic rings. The van der Waals surface area contributed by atoms with Crippen LogP contribution in [-0.4, -0.2) is 18.8 Å². The van der Waals surface area contributed by atoms with E-state index in [2.05, 4.69) is 6.92 Å². The molecule has 0 saturated carbocycles. The molecule has 1 heterocycles. The second-order valence-corrected chi connectivity index (χ2v) is 2.60. The summed E-state index contributed by atoms with van der Waals surface area (Å²) >= 11 is 0. The van der Waals surface area contributed by atoms with E-state index in [4.69, 9.17) is 10.5 Å². The predicted molar refractivity (Wildman–Crippen MR) is 37.2 cm³/mol. The fraction of sp³-hybridized carbons (Fsp3) is 1.00. The monoisotopic (exact) mass is 129 g/mol. The van der Waals surface area contributed by atoms with Crippen molar-refractivity contribution < 1.29 is 4.74 Å². The second-order valence-electron chi connectivity index (χ2n) is 2.60. The molecule has 54 valence electrons. The Bertz CT molecular complexity index is 75.0. The van der Waals surface area contributed by atoms with E-state index in [9.17, 15) is 0 Å². The first-order valence-corrected chi connectivity index (χ1v) is 3.72. The van der Waals surface area contributed by atoms with Gasteiger partial charge >= 0.3 is 0 Å². The van der Waals surface area contributed by atoms with Gasteiger partial charge in [-0.1, -0.05) is 6.92 Å². The maximum absolute atomic E-state index is 5.53. The summed E-state index contributed by atoms with van der Waals surface area (Å²) in [7, 11) is 0. The third kappa shape index (κ3) is 1.66. The van der Waals surface area contributed by atoms with Gasteiger partial charge in [-0.25, -0.2) is 0 Å². The summed E-state index contributed by atoms with van der Waals surface area (Å²) in [6.45, 7) is 2.85. The maximum atomic E-state index is 5.53. The minimum atomic E-state index is 0.356. The van der Waals surface area contributed by atoms with Crippen molar-refractivity contribution >= 4 is 0 Å². The summed E-state index contributed by atoms with van der Waals surface area (Å²) in [5, 5.41) is 0. The van der Waals surface area contributed by atoms with Crippen LogP contribution in [0, 0.1) is 0 Å². The Balaban J connectivity index is 2.20. The first-order valence-electron chi connectivity index (χ1n) is 3.72. The highest BCUT2D eigenvalue weighted by molar-refractivity contribution is 4.72. The summed E-state index contributed by atoms with van der Waals surface area (Å²) in [5.41, 5.74) is 5.43. The van der Waals surface area contributed by atoms with Gasteiger partial charge in [0.1, 0.15) is 0 Å². The highest BCUT2D eigenvalue weighted by Gasteiger charge is 2.21. The van der Waals surface area contributed by atoms with Crippen molar-refractivity contribution in [3.63, 3.8) is 0 Å². The third-order valence-corrected chi connectivity index (χ3v) is 1.91. The molecule has 2 heteroatoms. The molecule has 2 nitrogen and oxygen atoms in total. The van der Waals surface area contributed by atoms with Crippen LogP contribution in [0.2, 0.25) is 0 Å². The molecule has 0 radical (unpaired) electrons. The zero-order valence-electron chi connectivity index (χ0n) is 5.97. The van der Waals surface area contributed by atoms with Crippen LogP contribution in [0.15, 0.2) is 0 Å². The second kappa shape index (κ2) is 3.18. The van der Waals surface area contributed by atoms with Crippen LogP contribution in [0.1, 0.15) is 26.2 Å². The summed E-state index contributed by atoms with van der Waals surface area (Å²) in [5.74, 6) is 0. The Labute approximate surface area is 56.4 Å². The van der Waals surface area contributed by atoms with Crippen LogP contribution in [0.25, 0.3) is 0 Å². The standard InChI is InChI=1S/C7H15NO/c1-2-6-3-4-7(5-8)9-6/h6-7H,2-5,8H2,1H3. The Kier molecular flexibility index (Phi) is 2.49. The topological polar surface area (TPSA) is 35.2 Å². The highest BCUT2D eigenvalue weighted by Crippen LogP contribution is 2.20. The molecule has 2 unspecified atom stereocenters. The lowest BCUT2D eigenvalue weighted by atomic mass is 10.2. The maximum Gasteiger partial charge on any atom is 0.0702 e. The van der Waals surface area contributed by atoms with Crippen molar-refractivity contribution in [3.05, 3.63) is 0 Å². The van der Waals surface area contributed by atoms with E-state index in [-0.39, 0.29) is 0 Å². The van der Waals surface area contributed by atoms with Crippen LogP contribution in [0.5, 0.6) is 0 Å². The van der Waals surface area contributed by atoms with Crippen LogP contribution in [-0.2, 0) is 4.74 Å². The van der Waals surface area contributed by atoms with Gasteiger partial charge in [0.05, 0.1) is 12.2 Å². The largest absolute Gasteiger partial charge is 0.374 e. The van der Waals surface area contributed by atoms with E-state index < -0.39 is 0 Å². The molecule has 0 amide bonds. The molecule has 0 aliphatic carbocycles. The van der Waals surface area contributed by atoms with Crippen molar-refractivity contribution in [2.45, 2.75) is 38.4 Å². The zero-order chi connectivity index (χ0) is 6.69. The van der Waals surface area contributed by atoms with E-state index >= 15 is 0 Å². The Morgan fingerprint density at radius 1 is 1.44 bits per heavy atom. The van der Waals surface area contributed by atoms with Gasteiger partial charge in [-0.2, -0.15) is 0 Å². The van der Waals surface area contributed by atoms with Gasteiger partial charge in [-0.3, -0.25) is 0 Å². The van der Waals surface area contributed by atoms with Gasteiger partial charge in [-0.05, 0) is 19.3 Å². The fourth-order valence-corrected chi connectivity index (χ4v) is 1.25. The van der Waals surface area contributed by atoms with Crippen molar-refractivity contribution in [1.82, 2.24) is 0 Å². The lowest BCUT2D eigenvalue weighted by Crippen LogP contribution is -2.20. The lowest BCUT2D eigenvalue weighted by molar-refractivity contribution is 0.0484. The molecule has 0 aromatic rings. The van der Waals surface area contributed by atoms with Gasteiger partial charge in [0.15, 0.2) is 0 Å². The summed E-state index contributed by atoms with van der Waals surface area (Å²) in [6, 6.07) is 0. The molecule has 1 fully saturated rings. The average Bonchev–Trinajstić information content (AvgIpc) is 2.34. The number of hydrogen-bond acceptors (Lipinski definition) is 2. The molecule has 2 atom stereocenters. The van der Waals surface area contributed by atoms with Crippen LogP contribution >= 0.6 is 0 Å². The fourth-order valence-electron chi connectivity index (χ4n) is 1.25. The highest BCUT2D eigenvalue weighted by atomic mass is 16.5. The minimum absolute atomic E-state index is 0.356. The molecular weight excluding hydrogens is 114 g/mol. The van der Waals surface area contributed by atoms with E-state index in [0.29, 0.717) is 18.8 Å². The molecule has 9 heavy (non-hydrogen) atoms. The lowest BCUT2D eigenvalue weighted by Gasteiger charge is -2.08. The summed E-state index contributed by atoms with van der Waals surface area (Å²) < 4.78 is 5.53. The van der Waals surface area contributed by atoms with Gasteiger partial charge in [0.2, 0.25) is 0 Å². The van der Waals surface area contributed by atoms with Gasteiger partial charge in [0, 0.05) is 6.54 Å². The van der Waals surface area contributed by atoms with Crippen LogP contribution < -0.4 is 5.73 Å². The Morgan fingerprint density at radius 2 is 2.11 bits per heavy atom.